The van der Waals surface area contributed by atoms with Crippen molar-refractivity contribution in [2.75, 3.05) is 7.11 Å². The Morgan fingerprint density at radius 3 is 2.10 bits per heavy atom. The van der Waals surface area contributed by atoms with Crippen molar-refractivity contribution >= 4 is 30.7 Å². The highest BCUT2D eigenvalue weighted by atomic mass is 28.4. The van der Waals surface area contributed by atoms with E-state index in [9.17, 15) is 15.3 Å². The van der Waals surface area contributed by atoms with E-state index >= 15 is 9.59 Å². The van der Waals surface area contributed by atoms with Crippen molar-refractivity contribution in [3.63, 3.8) is 0 Å². The number of aromatic hydroxyl groups is 1. The van der Waals surface area contributed by atoms with Gasteiger partial charge in [0.05, 0.1) is 23.6 Å². The number of phenolic OH excluding ortho intramolecular Hbond substituents is 1. The average molecular weight is 858 g/mol. The highest BCUT2D eigenvalue weighted by Gasteiger charge is 2.73. The van der Waals surface area contributed by atoms with E-state index in [0.717, 1.165) is 35.1 Å². The minimum Gasteiger partial charge on any atom is -0.506 e. The van der Waals surface area contributed by atoms with Crippen LogP contribution in [0.25, 0.3) is 10.8 Å². The highest BCUT2D eigenvalue weighted by molar-refractivity contribution is 6.74. The largest absolute Gasteiger partial charge is 0.506 e. The monoisotopic (exact) mass is 857 g/mol. The molecule has 4 atom stereocenters. The Kier molecular flexibility index (Phi) is 9.58. The number of ketones is 2. The molecule has 0 saturated carbocycles. The molecule has 0 radical (unpaired) electrons. The van der Waals surface area contributed by atoms with Gasteiger partial charge in [0.25, 0.3) is 5.88 Å². The quantitative estimate of drug-likeness (QED) is 0.0958. The van der Waals surface area contributed by atoms with Crippen LogP contribution in [0.3, 0.4) is 0 Å². The molecule has 0 amide bonds. The van der Waals surface area contributed by atoms with Crippen LogP contribution in [-0.4, -0.2) is 58.7 Å². The number of hydrogen-bond acceptors (Lipinski definition) is 11. The van der Waals surface area contributed by atoms with E-state index in [1.165, 1.54) is 0 Å². The van der Waals surface area contributed by atoms with Crippen molar-refractivity contribution in [1.29, 1.82) is 0 Å². The Morgan fingerprint density at radius 1 is 0.871 bits per heavy atom. The number of aliphatic hydroxyl groups is 2. The van der Waals surface area contributed by atoms with Crippen LogP contribution in [0, 0.1) is 5.41 Å². The highest BCUT2D eigenvalue weighted by Crippen LogP contribution is 2.66. The Balaban J connectivity index is 1.31. The summed E-state index contributed by atoms with van der Waals surface area (Å²) in [7, 11) is -1.40. The van der Waals surface area contributed by atoms with Gasteiger partial charge in [0.1, 0.15) is 42.3 Å². The van der Waals surface area contributed by atoms with Gasteiger partial charge in [-0.15, -0.1) is 0 Å². The summed E-state index contributed by atoms with van der Waals surface area (Å²) < 4.78 is 31.8. The van der Waals surface area contributed by atoms with Crippen molar-refractivity contribution in [2.24, 2.45) is 5.41 Å². The fourth-order valence-corrected chi connectivity index (χ4v) is 11.7. The molecule has 9 rings (SSSR count). The number of benzene rings is 4. The van der Waals surface area contributed by atoms with Crippen LogP contribution in [-0.2, 0) is 35.9 Å². The standard InChI is InChI=1S/C50H55NO10Si/c1-28-17-16-22-47(5,6)48(28)24-31-35-37(32(23-33(57-7)40(35)48)58-26-29-18-12-10-13-19-29)41(52)39-36(31)42(53)49(55)25-34-38(45(51-60-34)59-27-30-20-14-11-15-21-30)44(50(49,56)43(39)54)61-62(8,9)46(2,3)4/h10-15,17-21,23,44,52,55-56H,16,22,24-27H2,1-9H3/t44?,48-,49-,50-/m1/s1. The molecule has 0 fully saturated rings. The molecule has 12 heteroatoms. The van der Waals surface area contributed by atoms with Crippen molar-refractivity contribution in [1.82, 2.24) is 5.16 Å². The lowest BCUT2D eigenvalue weighted by atomic mass is 9.54. The molecule has 4 aliphatic rings. The minimum absolute atomic E-state index is 0.0347. The number of carbonyl (C=O) groups is 2. The second kappa shape index (κ2) is 14.1. The fourth-order valence-electron chi connectivity index (χ4n) is 10.5. The first-order chi connectivity index (χ1) is 29.2. The molecule has 4 aliphatic carbocycles. The molecule has 4 aromatic carbocycles. The van der Waals surface area contributed by atoms with E-state index in [1.54, 1.807) is 13.2 Å². The van der Waals surface area contributed by atoms with Gasteiger partial charge in [-0.05, 0) is 71.6 Å². The van der Waals surface area contributed by atoms with E-state index in [2.05, 4.69) is 32.0 Å². The lowest BCUT2D eigenvalue weighted by Gasteiger charge is -2.53. The fraction of sp³-hybridized carbons (Fsp3) is 0.420. The summed E-state index contributed by atoms with van der Waals surface area (Å²) >= 11 is 0. The van der Waals surface area contributed by atoms with Crippen molar-refractivity contribution in [3.8, 4) is 23.1 Å². The van der Waals surface area contributed by atoms with Gasteiger partial charge in [-0.1, -0.05) is 107 Å². The maximum absolute atomic E-state index is 15.9. The van der Waals surface area contributed by atoms with Crippen molar-refractivity contribution < 1.29 is 48.1 Å². The number of hydrogen-bond donors (Lipinski definition) is 3. The summed E-state index contributed by atoms with van der Waals surface area (Å²) in [5.41, 5.74) is -3.29. The second-order valence-corrected chi connectivity index (χ2v) is 24.5. The second-order valence-electron chi connectivity index (χ2n) is 19.8. The maximum Gasteiger partial charge on any atom is 0.260 e. The van der Waals surface area contributed by atoms with Gasteiger partial charge in [-0.25, -0.2) is 0 Å². The Morgan fingerprint density at radius 2 is 1.50 bits per heavy atom. The van der Waals surface area contributed by atoms with Crippen LogP contribution < -0.4 is 14.2 Å². The molecule has 62 heavy (non-hydrogen) atoms. The van der Waals surface area contributed by atoms with Gasteiger partial charge in [-0.2, -0.15) is 0 Å². The number of aromatic nitrogens is 1. The smallest absolute Gasteiger partial charge is 0.260 e. The van der Waals surface area contributed by atoms with Gasteiger partial charge >= 0.3 is 0 Å². The molecule has 0 bridgehead atoms. The molecule has 5 aromatic rings. The number of ether oxygens (including phenoxy) is 3. The Hall–Kier alpha value is -5.27. The zero-order chi connectivity index (χ0) is 44.4. The van der Waals surface area contributed by atoms with Crippen LogP contribution >= 0.6 is 0 Å². The van der Waals surface area contributed by atoms with Crippen LogP contribution in [0.4, 0.5) is 0 Å². The Labute approximate surface area is 362 Å². The van der Waals surface area contributed by atoms with Crippen molar-refractivity contribution in [3.05, 3.63) is 123 Å². The SMILES string of the molecule is COc1cc(OCc2ccccc2)c2c(O)c3c(c4c2c1[C@@]1(C4)C(C)=CCCC1(C)C)C(=O)[C@]1(O)Cc2onc(OCc4ccccc4)c2C(O[Si](C)(C)C(C)(C)C)[C@]1(O)C3=O. The molecule has 0 aliphatic heterocycles. The van der Waals surface area contributed by atoms with Crippen LogP contribution in [0.2, 0.25) is 18.1 Å². The third-order valence-corrected chi connectivity index (χ3v) is 19.5. The average Bonchev–Trinajstić information content (AvgIpc) is 3.81. The summed E-state index contributed by atoms with van der Waals surface area (Å²) in [5.74, 6) is -1.74. The third kappa shape index (κ3) is 5.68. The molecular formula is C50H55NO10Si. The van der Waals surface area contributed by atoms with E-state index in [0.29, 0.717) is 16.7 Å². The topological polar surface area (TPSA) is 158 Å². The number of fused-ring (bicyclic) bond motifs is 5. The number of allylic oxidation sites excluding steroid dienone is 2. The molecule has 11 nitrogen and oxygen atoms in total. The van der Waals surface area contributed by atoms with E-state index in [4.69, 9.17) is 23.2 Å². The molecule has 1 aromatic heterocycles. The molecule has 324 valence electrons. The zero-order valence-corrected chi connectivity index (χ0v) is 37.9. The first kappa shape index (κ1) is 42.0. The minimum atomic E-state index is -2.99. The lowest BCUT2D eigenvalue weighted by Crippen LogP contribution is -2.73. The molecule has 1 spiro atoms. The first-order valence-corrected chi connectivity index (χ1v) is 24.3. The summed E-state index contributed by atoms with van der Waals surface area (Å²) in [5, 5.41) is 44.0. The molecule has 3 N–H and O–H groups in total. The van der Waals surface area contributed by atoms with Crippen molar-refractivity contribution in [2.45, 2.75) is 121 Å². The number of methoxy groups -OCH3 is 1. The maximum atomic E-state index is 15.9. The Bertz CT molecular complexity index is 2700. The predicted molar refractivity (Wildman–Crippen MR) is 236 cm³/mol. The first-order valence-electron chi connectivity index (χ1n) is 21.4. The third-order valence-electron chi connectivity index (χ3n) is 15.0. The van der Waals surface area contributed by atoms with Gasteiger partial charge in [0, 0.05) is 34.4 Å². The normalized spacial score (nSPS) is 25.0. The zero-order valence-electron chi connectivity index (χ0n) is 36.9. The number of nitrogens with zero attached hydrogens (tertiary/aromatic N) is 1. The van der Waals surface area contributed by atoms with Gasteiger partial charge in [-0.3, -0.25) is 9.59 Å². The summed E-state index contributed by atoms with van der Waals surface area (Å²) in [6, 6.07) is 20.7. The molecule has 0 saturated heterocycles. The number of carbonyl (C=O) groups excluding carboxylic acids is 2. The lowest BCUT2D eigenvalue weighted by molar-refractivity contribution is -0.161. The van der Waals surface area contributed by atoms with Crippen LogP contribution in [0.5, 0.6) is 23.1 Å². The molecule has 1 heterocycles. The van der Waals surface area contributed by atoms with E-state index in [1.807, 2.05) is 94.5 Å². The van der Waals surface area contributed by atoms with E-state index < -0.39 is 70.8 Å². The number of Topliss-reactive ketones (excluding diaryl/α,β-unsaturated/α-hetero) is 2. The van der Waals surface area contributed by atoms with E-state index in [-0.39, 0.29) is 53.5 Å². The summed E-state index contributed by atoms with van der Waals surface area (Å²) in [4.78, 5) is 31.6. The van der Waals surface area contributed by atoms with Crippen LogP contribution in [0.1, 0.15) is 115 Å². The molecular weight excluding hydrogens is 803 g/mol. The summed E-state index contributed by atoms with van der Waals surface area (Å²) in [6.45, 7) is 16.6. The molecule has 1 unspecified atom stereocenters. The van der Waals surface area contributed by atoms with Gasteiger partial charge in [0.2, 0.25) is 5.78 Å². The number of phenols is 1. The van der Waals surface area contributed by atoms with Crippen LogP contribution in [0.15, 0.2) is 82.9 Å². The summed E-state index contributed by atoms with van der Waals surface area (Å²) in [6.07, 6.45) is 1.84. The number of rotatable bonds is 9. The predicted octanol–water partition coefficient (Wildman–Crippen LogP) is 9.42. The van der Waals surface area contributed by atoms with Gasteiger partial charge in [0.15, 0.2) is 25.3 Å². The van der Waals surface area contributed by atoms with Gasteiger partial charge < -0.3 is 38.5 Å².